The Hall–Kier alpha value is -1.35. The fourth-order valence-corrected chi connectivity index (χ4v) is 2.78. The van der Waals surface area contributed by atoms with E-state index >= 15 is 0 Å². The Bertz CT molecular complexity index is 425. The normalized spacial score (nSPS) is 16.6. The maximum absolute atomic E-state index is 12.1. The number of anilines is 1. The van der Waals surface area contributed by atoms with Crippen LogP contribution in [-0.4, -0.2) is 30.4 Å². The molecule has 1 saturated carbocycles. The number of nitrogens with zero attached hydrogens (tertiary/aromatic N) is 1. The quantitative estimate of drug-likeness (QED) is 0.901. The zero-order valence-corrected chi connectivity index (χ0v) is 12.0. The molecule has 3 heteroatoms. The molecule has 104 valence electrons. The van der Waals surface area contributed by atoms with Crippen LogP contribution >= 0.6 is 0 Å². The van der Waals surface area contributed by atoms with Crippen LogP contribution in [0.25, 0.3) is 0 Å². The molecule has 19 heavy (non-hydrogen) atoms. The number of likely N-dealkylation sites (N-methyl/N-ethyl adjacent to an activating group) is 1. The fraction of sp³-hybridized carbons (Fsp3) is 0.562. The monoisotopic (exact) mass is 260 g/mol. The van der Waals surface area contributed by atoms with Gasteiger partial charge in [-0.05, 0) is 38.4 Å². The van der Waals surface area contributed by atoms with E-state index in [1.54, 1.807) is 0 Å². The van der Waals surface area contributed by atoms with Crippen LogP contribution in [-0.2, 0) is 4.79 Å². The maximum Gasteiger partial charge on any atom is 0.238 e. The van der Waals surface area contributed by atoms with Gasteiger partial charge in [0, 0.05) is 11.7 Å². The summed E-state index contributed by atoms with van der Waals surface area (Å²) in [6.45, 7) is 2.50. The molecular formula is C16H24N2O. The number of hydrogen-bond acceptors (Lipinski definition) is 2. The lowest BCUT2D eigenvalue weighted by Gasteiger charge is -2.30. The molecule has 3 nitrogen and oxygen atoms in total. The summed E-state index contributed by atoms with van der Waals surface area (Å²) in [7, 11) is 2.06. The van der Waals surface area contributed by atoms with Gasteiger partial charge in [-0.1, -0.05) is 37.5 Å². The first-order chi connectivity index (χ1) is 9.16. The number of para-hydroxylation sites is 1. The lowest BCUT2D eigenvalue weighted by molar-refractivity contribution is -0.117. The lowest BCUT2D eigenvalue weighted by Crippen LogP contribution is -2.39. The summed E-state index contributed by atoms with van der Waals surface area (Å²) in [5.41, 5.74) is 2.03. The average Bonchev–Trinajstić information content (AvgIpc) is 2.42. The van der Waals surface area contributed by atoms with Gasteiger partial charge in [0.15, 0.2) is 0 Å². The lowest BCUT2D eigenvalue weighted by atomic mass is 9.94. The minimum absolute atomic E-state index is 0.0855. The van der Waals surface area contributed by atoms with E-state index in [0.29, 0.717) is 12.6 Å². The maximum atomic E-state index is 12.1. The van der Waals surface area contributed by atoms with Crippen molar-refractivity contribution in [2.24, 2.45) is 0 Å². The van der Waals surface area contributed by atoms with E-state index < -0.39 is 0 Å². The summed E-state index contributed by atoms with van der Waals surface area (Å²) in [5.74, 6) is 0.0855. The molecule has 2 rings (SSSR count). The highest BCUT2D eigenvalue weighted by Crippen LogP contribution is 2.21. The minimum atomic E-state index is 0.0855. The smallest absolute Gasteiger partial charge is 0.238 e. The second-order valence-electron chi connectivity index (χ2n) is 5.57. The minimum Gasteiger partial charge on any atom is -0.325 e. The predicted octanol–water partition coefficient (Wildman–Crippen LogP) is 3.20. The molecule has 0 aromatic heterocycles. The third kappa shape index (κ3) is 4.06. The zero-order chi connectivity index (χ0) is 13.7. The van der Waals surface area contributed by atoms with Crippen LogP contribution in [0.1, 0.15) is 37.7 Å². The van der Waals surface area contributed by atoms with Gasteiger partial charge < -0.3 is 5.32 Å². The Kier molecular flexibility index (Phi) is 4.97. The molecule has 0 aliphatic heterocycles. The first-order valence-electron chi connectivity index (χ1n) is 7.22. The Balaban J connectivity index is 1.85. The first kappa shape index (κ1) is 14.1. The molecule has 0 saturated heterocycles. The van der Waals surface area contributed by atoms with E-state index in [0.717, 1.165) is 11.3 Å². The summed E-state index contributed by atoms with van der Waals surface area (Å²) in [5, 5.41) is 3.00. The van der Waals surface area contributed by atoms with Gasteiger partial charge in [0.1, 0.15) is 0 Å². The molecule has 1 amide bonds. The van der Waals surface area contributed by atoms with Gasteiger partial charge in [-0.15, -0.1) is 0 Å². The van der Waals surface area contributed by atoms with Gasteiger partial charge in [0.25, 0.3) is 0 Å². The van der Waals surface area contributed by atoms with Gasteiger partial charge in [0.05, 0.1) is 6.54 Å². The number of rotatable bonds is 4. The molecular weight excluding hydrogens is 236 g/mol. The van der Waals surface area contributed by atoms with Crippen molar-refractivity contribution in [1.29, 1.82) is 0 Å². The van der Waals surface area contributed by atoms with Crippen molar-refractivity contribution in [3.8, 4) is 0 Å². The highest BCUT2D eigenvalue weighted by Gasteiger charge is 2.19. The van der Waals surface area contributed by atoms with Crippen LogP contribution in [0.5, 0.6) is 0 Å². The predicted molar refractivity (Wildman–Crippen MR) is 79.3 cm³/mol. The van der Waals surface area contributed by atoms with Gasteiger partial charge in [-0.25, -0.2) is 0 Å². The summed E-state index contributed by atoms with van der Waals surface area (Å²) >= 11 is 0. The fourth-order valence-electron chi connectivity index (χ4n) is 2.78. The van der Waals surface area contributed by atoms with E-state index in [-0.39, 0.29) is 5.91 Å². The number of carbonyl (C=O) groups is 1. The third-order valence-corrected chi connectivity index (χ3v) is 4.01. The molecule has 0 heterocycles. The van der Waals surface area contributed by atoms with Crippen LogP contribution in [0.4, 0.5) is 5.69 Å². The largest absolute Gasteiger partial charge is 0.325 e. The van der Waals surface area contributed by atoms with Gasteiger partial charge in [-0.3, -0.25) is 9.69 Å². The Morgan fingerprint density at radius 3 is 2.63 bits per heavy atom. The molecule has 1 N–H and O–H groups in total. The zero-order valence-electron chi connectivity index (χ0n) is 12.0. The van der Waals surface area contributed by atoms with E-state index in [2.05, 4.69) is 17.3 Å². The van der Waals surface area contributed by atoms with Crippen LogP contribution < -0.4 is 5.32 Å². The van der Waals surface area contributed by atoms with Crippen molar-refractivity contribution in [2.75, 3.05) is 18.9 Å². The van der Waals surface area contributed by atoms with E-state index in [1.807, 2.05) is 31.2 Å². The highest BCUT2D eigenvalue weighted by molar-refractivity contribution is 5.92. The van der Waals surface area contributed by atoms with Gasteiger partial charge >= 0.3 is 0 Å². The molecule has 0 spiro atoms. The first-order valence-corrected chi connectivity index (χ1v) is 7.22. The summed E-state index contributed by atoms with van der Waals surface area (Å²) in [6.07, 6.45) is 6.41. The van der Waals surface area contributed by atoms with Crippen molar-refractivity contribution in [3.63, 3.8) is 0 Å². The molecule has 1 aromatic rings. The molecule has 1 aliphatic rings. The van der Waals surface area contributed by atoms with Crippen molar-refractivity contribution in [3.05, 3.63) is 29.8 Å². The topological polar surface area (TPSA) is 32.3 Å². The molecule has 0 unspecified atom stereocenters. The number of amides is 1. The summed E-state index contributed by atoms with van der Waals surface area (Å²) < 4.78 is 0. The summed E-state index contributed by atoms with van der Waals surface area (Å²) in [6, 6.07) is 8.48. The van der Waals surface area contributed by atoms with Crippen molar-refractivity contribution >= 4 is 11.6 Å². The highest BCUT2D eigenvalue weighted by atomic mass is 16.2. The van der Waals surface area contributed by atoms with E-state index in [1.165, 1.54) is 32.1 Å². The molecule has 1 aliphatic carbocycles. The average molecular weight is 260 g/mol. The molecule has 0 radical (unpaired) electrons. The van der Waals surface area contributed by atoms with E-state index in [9.17, 15) is 4.79 Å². The molecule has 0 bridgehead atoms. The van der Waals surface area contributed by atoms with Crippen molar-refractivity contribution < 1.29 is 4.79 Å². The molecule has 1 aromatic carbocycles. The Morgan fingerprint density at radius 1 is 1.26 bits per heavy atom. The molecule has 1 fully saturated rings. The van der Waals surface area contributed by atoms with Gasteiger partial charge in [0.2, 0.25) is 5.91 Å². The number of benzene rings is 1. The number of aryl methyl sites for hydroxylation is 1. The number of hydrogen-bond donors (Lipinski definition) is 1. The van der Waals surface area contributed by atoms with E-state index in [4.69, 9.17) is 0 Å². The number of nitrogens with one attached hydrogen (secondary N) is 1. The van der Waals surface area contributed by atoms with Gasteiger partial charge in [-0.2, -0.15) is 0 Å². The second kappa shape index (κ2) is 6.71. The SMILES string of the molecule is Cc1ccccc1NC(=O)CN(C)C1CCCCC1. The third-order valence-electron chi connectivity index (χ3n) is 4.01. The Labute approximate surface area is 116 Å². The molecule has 0 atom stereocenters. The van der Waals surface area contributed by atoms with Crippen LogP contribution in [0.15, 0.2) is 24.3 Å². The summed E-state index contributed by atoms with van der Waals surface area (Å²) in [4.78, 5) is 14.3. The van der Waals surface area contributed by atoms with Crippen LogP contribution in [0, 0.1) is 6.92 Å². The number of carbonyl (C=O) groups excluding carboxylic acids is 1. The standard InChI is InChI=1S/C16H24N2O/c1-13-8-6-7-11-15(13)17-16(19)12-18(2)14-9-4-3-5-10-14/h6-8,11,14H,3-5,9-10,12H2,1-2H3,(H,17,19). The van der Waals surface area contributed by atoms with Crippen LogP contribution in [0.3, 0.4) is 0 Å². The van der Waals surface area contributed by atoms with Crippen molar-refractivity contribution in [1.82, 2.24) is 4.90 Å². The van der Waals surface area contributed by atoms with Crippen LogP contribution in [0.2, 0.25) is 0 Å². The second-order valence-corrected chi connectivity index (χ2v) is 5.57. The Morgan fingerprint density at radius 2 is 1.95 bits per heavy atom. The van der Waals surface area contributed by atoms with Crippen molar-refractivity contribution in [2.45, 2.75) is 45.1 Å².